The zero-order valence-electron chi connectivity index (χ0n) is 16.3. The molecule has 1 aliphatic carbocycles. The maximum atomic E-state index is 12.7. The Kier molecular flexibility index (Phi) is 6.57. The highest BCUT2D eigenvalue weighted by Gasteiger charge is 2.37. The first-order valence-corrected chi connectivity index (χ1v) is 9.68. The molecule has 150 valence electrons. The molecule has 0 spiro atoms. The molecule has 2 fully saturated rings. The zero-order chi connectivity index (χ0) is 19.3. The molecule has 1 aromatic rings. The molecule has 1 saturated carbocycles. The first-order chi connectivity index (χ1) is 13.1. The normalized spacial score (nSPS) is 20.9. The van der Waals surface area contributed by atoms with E-state index in [-0.39, 0.29) is 11.9 Å². The van der Waals surface area contributed by atoms with Crippen LogP contribution in [-0.4, -0.2) is 63.4 Å². The van der Waals surface area contributed by atoms with Crippen molar-refractivity contribution in [3.8, 4) is 11.5 Å². The summed E-state index contributed by atoms with van der Waals surface area (Å²) in [5.74, 6) is 1.34. The van der Waals surface area contributed by atoms with E-state index in [2.05, 4.69) is 10.2 Å². The lowest BCUT2D eigenvalue weighted by Gasteiger charge is -2.35. The van der Waals surface area contributed by atoms with Crippen molar-refractivity contribution in [1.29, 1.82) is 0 Å². The van der Waals surface area contributed by atoms with Gasteiger partial charge < -0.3 is 25.3 Å². The van der Waals surface area contributed by atoms with E-state index in [0.717, 1.165) is 44.3 Å². The standard InChI is InChI=1S/C20H31N3O4/c1-25-17-6-5-15(13-18(17)26-2)16(23-9-11-27-12-10-23)14-22-19(24)20(21)7-3-4-8-20/h5-6,13,16H,3-4,7-12,14,21H2,1-2H3,(H,22,24). The Morgan fingerprint density at radius 1 is 1.22 bits per heavy atom. The number of amides is 1. The van der Waals surface area contributed by atoms with Gasteiger partial charge in [-0.05, 0) is 30.5 Å². The van der Waals surface area contributed by atoms with Gasteiger partial charge in [0.05, 0.1) is 39.0 Å². The quantitative estimate of drug-likeness (QED) is 0.748. The first-order valence-electron chi connectivity index (χ1n) is 9.68. The molecule has 1 heterocycles. The van der Waals surface area contributed by atoms with E-state index in [9.17, 15) is 4.79 Å². The van der Waals surface area contributed by atoms with E-state index < -0.39 is 5.54 Å². The Balaban J connectivity index is 1.77. The van der Waals surface area contributed by atoms with Crippen LogP contribution in [0.2, 0.25) is 0 Å². The van der Waals surface area contributed by atoms with Crippen LogP contribution in [0.1, 0.15) is 37.3 Å². The minimum absolute atomic E-state index is 0.0302. The highest BCUT2D eigenvalue weighted by atomic mass is 16.5. The minimum atomic E-state index is -0.715. The fourth-order valence-electron chi connectivity index (χ4n) is 4.01. The summed E-state index contributed by atoms with van der Waals surface area (Å²) in [4.78, 5) is 15.0. The lowest BCUT2D eigenvalue weighted by atomic mass is 9.97. The lowest BCUT2D eigenvalue weighted by molar-refractivity contribution is -0.126. The Morgan fingerprint density at radius 2 is 1.89 bits per heavy atom. The summed E-state index contributed by atoms with van der Waals surface area (Å²) in [5.41, 5.74) is 6.67. The van der Waals surface area contributed by atoms with Crippen molar-refractivity contribution in [3.63, 3.8) is 0 Å². The Morgan fingerprint density at radius 3 is 2.52 bits per heavy atom. The molecule has 7 heteroatoms. The van der Waals surface area contributed by atoms with Crippen LogP contribution < -0.4 is 20.5 Å². The zero-order valence-corrected chi connectivity index (χ0v) is 16.3. The molecule has 3 rings (SSSR count). The van der Waals surface area contributed by atoms with E-state index in [0.29, 0.717) is 31.3 Å². The second kappa shape index (κ2) is 8.91. The van der Waals surface area contributed by atoms with Crippen molar-refractivity contribution in [2.45, 2.75) is 37.3 Å². The number of methoxy groups -OCH3 is 2. The molecule has 0 aromatic heterocycles. The van der Waals surface area contributed by atoms with Gasteiger partial charge in [0.15, 0.2) is 11.5 Å². The van der Waals surface area contributed by atoms with Crippen molar-refractivity contribution in [2.75, 3.05) is 47.1 Å². The number of ether oxygens (including phenoxy) is 3. The van der Waals surface area contributed by atoms with Crippen molar-refractivity contribution in [3.05, 3.63) is 23.8 Å². The number of nitrogens with zero attached hydrogens (tertiary/aromatic N) is 1. The average molecular weight is 377 g/mol. The van der Waals surface area contributed by atoms with Gasteiger partial charge in [0.1, 0.15) is 0 Å². The second-order valence-electron chi connectivity index (χ2n) is 7.35. The molecule has 2 aliphatic rings. The van der Waals surface area contributed by atoms with Gasteiger partial charge in [-0.2, -0.15) is 0 Å². The molecule has 0 radical (unpaired) electrons. The van der Waals surface area contributed by atoms with E-state index >= 15 is 0 Å². The van der Waals surface area contributed by atoms with Gasteiger partial charge in [-0.1, -0.05) is 18.9 Å². The Bertz CT molecular complexity index is 640. The number of carbonyl (C=O) groups excluding carboxylic acids is 1. The number of hydrogen-bond donors (Lipinski definition) is 2. The monoisotopic (exact) mass is 377 g/mol. The van der Waals surface area contributed by atoms with Crippen LogP contribution in [0.15, 0.2) is 18.2 Å². The molecule has 1 atom stereocenters. The van der Waals surface area contributed by atoms with Gasteiger partial charge >= 0.3 is 0 Å². The fraction of sp³-hybridized carbons (Fsp3) is 0.650. The maximum absolute atomic E-state index is 12.7. The minimum Gasteiger partial charge on any atom is -0.493 e. The highest BCUT2D eigenvalue weighted by Crippen LogP contribution is 2.32. The molecule has 3 N–H and O–H groups in total. The third-order valence-corrected chi connectivity index (χ3v) is 5.68. The lowest BCUT2D eigenvalue weighted by Crippen LogP contribution is -2.54. The molecule has 1 aliphatic heterocycles. The second-order valence-corrected chi connectivity index (χ2v) is 7.35. The topological polar surface area (TPSA) is 86.0 Å². The number of benzene rings is 1. The van der Waals surface area contributed by atoms with E-state index in [4.69, 9.17) is 19.9 Å². The van der Waals surface area contributed by atoms with Gasteiger partial charge in [-0.3, -0.25) is 9.69 Å². The number of rotatable bonds is 7. The summed E-state index contributed by atoms with van der Waals surface area (Å²) in [6.45, 7) is 3.54. The summed E-state index contributed by atoms with van der Waals surface area (Å²) in [5, 5.41) is 3.11. The maximum Gasteiger partial charge on any atom is 0.240 e. The molecule has 1 amide bonds. The summed E-state index contributed by atoms with van der Waals surface area (Å²) in [7, 11) is 3.25. The van der Waals surface area contributed by atoms with E-state index in [1.807, 2.05) is 18.2 Å². The van der Waals surface area contributed by atoms with E-state index in [1.165, 1.54) is 0 Å². The molecule has 1 aromatic carbocycles. The fourth-order valence-corrected chi connectivity index (χ4v) is 4.01. The van der Waals surface area contributed by atoms with Crippen molar-refractivity contribution >= 4 is 5.91 Å². The summed E-state index contributed by atoms with van der Waals surface area (Å²) < 4.78 is 16.3. The van der Waals surface area contributed by atoms with Gasteiger partial charge in [0, 0.05) is 19.6 Å². The molecule has 1 saturated heterocycles. The van der Waals surface area contributed by atoms with Crippen LogP contribution in [0.25, 0.3) is 0 Å². The molecular weight excluding hydrogens is 346 g/mol. The van der Waals surface area contributed by atoms with Crippen LogP contribution in [-0.2, 0) is 9.53 Å². The average Bonchev–Trinajstić information content (AvgIpc) is 3.16. The van der Waals surface area contributed by atoms with Crippen molar-refractivity contribution < 1.29 is 19.0 Å². The van der Waals surface area contributed by atoms with Gasteiger partial charge in [0.2, 0.25) is 5.91 Å². The van der Waals surface area contributed by atoms with Crippen LogP contribution in [0.5, 0.6) is 11.5 Å². The Labute approximate surface area is 161 Å². The Hall–Kier alpha value is -1.83. The molecule has 1 unspecified atom stereocenters. The summed E-state index contributed by atoms with van der Waals surface area (Å²) >= 11 is 0. The van der Waals surface area contributed by atoms with Crippen LogP contribution in [0.4, 0.5) is 0 Å². The number of carbonyl (C=O) groups is 1. The van der Waals surface area contributed by atoms with Gasteiger partial charge in [0.25, 0.3) is 0 Å². The molecule has 0 bridgehead atoms. The highest BCUT2D eigenvalue weighted by molar-refractivity contribution is 5.86. The predicted octanol–water partition coefficient (Wildman–Crippen LogP) is 1.46. The molecular formula is C20H31N3O4. The van der Waals surface area contributed by atoms with Crippen LogP contribution in [0, 0.1) is 0 Å². The van der Waals surface area contributed by atoms with Crippen LogP contribution in [0.3, 0.4) is 0 Å². The van der Waals surface area contributed by atoms with Gasteiger partial charge in [-0.15, -0.1) is 0 Å². The van der Waals surface area contributed by atoms with Crippen molar-refractivity contribution in [2.24, 2.45) is 5.73 Å². The largest absolute Gasteiger partial charge is 0.493 e. The SMILES string of the molecule is COc1ccc(C(CNC(=O)C2(N)CCCC2)N2CCOCC2)cc1OC. The van der Waals surface area contributed by atoms with Crippen molar-refractivity contribution in [1.82, 2.24) is 10.2 Å². The van der Waals surface area contributed by atoms with Gasteiger partial charge in [-0.25, -0.2) is 0 Å². The predicted molar refractivity (Wildman–Crippen MR) is 103 cm³/mol. The number of hydrogen-bond acceptors (Lipinski definition) is 6. The molecule has 27 heavy (non-hydrogen) atoms. The summed E-state index contributed by atoms with van der Waals surface area (Å²) in [6.07, 6.45) is 3.56. The number of nitrogens with two attached hydrogens (primary N) is 1. The molecule has 7 nitrogen and oxygen atoms in total. The third kappa shape index (κ3) is 4.54. The van der Waals surface area contributed by atoms with E-state index in [1.54, 1.807) is 14.2 Å². The first kappa shape index (κ1) is 19.9. The third-order valence-electron chi connectivity index (χ3n) is 5.68. The van der Waals surface area contributed by atoms with Crippen LogP contribution >= 0.6 is 0 Å². The smallest absolute Gasteiger partial charge is 0.240 e. The number of morpholine rings is 1. The summed E-state index contributed by atoms with van der Waals surface area (Å²) in [6, 6.07) is 5.95. The number of nitrogens with one attached hydrogen (secondary N) is 1.